The maximum atomic E-state index is 12.0. The van der Waals surface area contributed by atoms with Crippen molar-refractivity contribution < 1.29 is 4.79 Å². The molecule has 0 atom stereocenters. The highest BCUT2D eigenvalue weighted by Crippen LogP contribution is 2.14. The number of aromatic amines is 1. The van der Waals surface area contributed by atoms with Gasteiger partial charge < -0.3 is 10.3 Å². The largest absolute Gasteiger partial charge is 0.356 e. The number of halogens is 1. The average molecular weight is 302 g/mol. The quantitative estimate of drug-likeness (QED) is 0.781. The van der Waals surface area contributed by atoms with Gasteiger partial charge in [0.05, 0.1) is 16.9 Å². The third-order valence-corrected chi connectivity index (χ3v) is 3.19. The number of anilines is 1. The molecule has 3 aromatic heterocycles. The first-order valence-electron chi connectivity index (χ1n) is 6.25. The molecule has 106 valence electrons. The summed E-state index contributed by atoms with van der Waals surface area (Å²) >= 11 is 5.77. The van der Waals surface area contributed by atoms with Gasteiger partial charge in [0.2, 0.25) is 0 Å². The summed E-state index contributed by atoms with van der Waals surface area (Å²) in [6, 6.07) is 5.16. The van der Waals surface area contributed by atoms with E-state index in [9.17, 15) is 4.79 Å². The second-order valence-corrected chi connectivity index (χ2v) is 4.87. The molecule has 3 rings (SSSR count). The average Bonchev–Trinajstić information content (AvgIpc) is 3.08. The summed E-state index contributed by atoms with van der Waals surface area (Å²) in [5, 5.41) is 3.23. The van der Waals surface area contributed by atoms with E-state index in [0.29, 0.717) is 16.4 Å². The molecule has 0 fully saturated rings. The van der Waals surface area contributed by atoms with Crippen LogP contribution in [0.3, 0.4) is 0 Å². The molecule has 0 unspecified atom stereocenters. The normalized spacial score (nSPS) is 10.6. The Morgan fingerprint density at radius 1 is 1.38 bits per heavy atom. The standard InChI is InChI=1S/C14H12ClN5O/c1-9-16-4-5-20(9)13-3-2-11(8-18-13)19-14(21)12-6-10(15)7-17-12/h2-8,17H,1H3,(H,19,21). The Labute approximate surface area is 125 Å². The van der Waals surface area contributed by atoms with Crippen molar-refractivity contribution in [1.82, 2.24) is 19.5 Å². The summed E-state index contributed by atoms with van der Waals surface area (Å²) in [4.78, 5) is 23.2. The van der Waals surface area contributed by atoms with Crippen molar-refractivity contribution in [1.29, 1.82) is 0 Å². The number of pyridine rings is 1. The van der Waals surface area contributed by atoms with Gasteiger partial charge in [0, 0.05) is 18.6 Å². The topological polar surface area (TPSA) is 75.6 Å². The van der Waals surface area contributed by atoms with E-state index >= 15 is 0 Å². The molecular weight excluding hydrogens is 290 g/mol. The molecule has 0 aromatic carbocycles. The van der Waals surface area contributed by atoms with Crippen LogP contribution in [0.2, 0.25) is 5.02 Å². The molecule has 3 heterocycles. The van der Waals surface area contributed by atoms with Crippen LogP contribution in [0.15, 0.2) is 43.0 Å². The Bertz CT molecular complexity index is 775. The maximum absolute atomic E-state index is 12.0. The SMILES string of the molecule is Cc1nccn1-c1ccc(NC(=O)c2cc(Cl)c[nH]2)cn1. The minimum Gasteiger partial charge on any atom is -0.356 e. The molecule has 6 nitrogen and oxygen atoms in total. The summed E-state index contributed by atoms with van der Waals surface area (Å²) in [7, 11) is 0. The minimum atomic E-state index is -0.268. The van der Waals surface area contributed by atoms with Gasteiger partial charge in [0.15, 0.2) is 0 Å². The number of hydrogen-bond donors (Lipinski definition) is 2. The highest BCUT2D eigenvalue weighted by molar-refractivity contribution is 6.31. The number of aromatic nitrogens is 4. The number of imidazole rings is 1. The molecule has 0 spiro atoms. The van der Waals surface area contributed by atoms with Gasteiger partial charge in [-0.25, -0.2) is 9.97 Å². The molecule has 0 saturated heterocycles. The lowest BCUT2D eigenvalue weighted by molar-refractivity contribution is 0.102. The number of amides is 1. The van der Waals surface area contributed by atoms with Crippen LogP contribution in [-0.2, 0) is 0 Å². The Kier molecular flexibility index (Phi) is 3.45. The Morgan fingerprint density at radius 3 is 2.81 bits per heavy atom. The summed E-state index contributed by atoms with van der Waals surface area (Å²) in [6.45, 7) is 1.90. The predicted octanol–water partition coefficient (Wildman–Crippen LogP) is 2.81. The van der Waals surface area contributed by atoms with E-state index in [2.05, 4.69) is 20.3 Å². The number of carbonyl (C=O) groups excluding carboxylic acids is 1. The zero-order valence-corrected chi connectivity index (χ0v) is 11.9. The van der Waals surface area contributed by atoms with E-state index in [0.717, 1.165) is 11.6 Å². The fourth-order valence-corrected chi connectivity index (χ4v) is 2.08. The zero-order chi connectivity index (χ0) is 14.8. The lowest BCUT2D eigenvalue weighted by Crippen LogP contribution is -2.12. The van der Waals surface area contributed by atoms with Gasteiger partial charge in [0.25, 0.3) is 5.91 Å². The van der Waals surface area contributed by atoms with Crippen LogP contribution in [0.25, 0.3) is 5.82 Å². The van der Waals surface area contributed by atoms with Gasteiger partial charge in [0.1, 0.15) is 17.3 Å². The Morgan fingerprint density at radius 2 is 2.24 bits per heavy atom. The first kappa shape index (κ1) is 13.4. The van der Waals surface area contributed by atoms with Crippen molar-refractivity contribution in [2.75, 3.05) is 5.32 Å². The number of carbonyl (C=O) groups is 1. The highest BCUT2D eigenvalue weighted by Gasteiger charge is 2.09. The smallest absolute Gasteiger partial charge is 0.272 e. The number of aryl methyl sites for hydroxylation is 1. The summed E-state index contributed by atoms with van der Waals surface area (Å²) in [5.41, 5.74) is 1.00. The fraction of sp³-hybridized carbons (Fsp3) is 0.0714. The number of nitrogens with zero attached hydrogens (tertiary/aromatic N) is 3. The zero-order valence-electron chi connectivity index (χ0n) is 11.2. The van der Waals surface area contributed by atoms with Crippen LogP contribution in [0.4, 0.5) is 5.69 Å². The molecule has 1 amide bonds. The lowest BCUT2D eigenvalue weighted by Gasteiger charge is -2.06. The van der Waals surface area contributed by atoms with E-state index in [4.69, 9.17) is 11.6 Å². The number of hydrogen-bond acceptors (Lipinski definition) is 3. The molecule has 0 aliphatic heterocycles. The predicted molar refractivity (Wildman–Crippen MR) is 79.9 cm³/mol. The maximum Gasteiger partial charge on any atom is 0.272 e. The molecule has 0 bridgehead atoms. The van der Waals surface area contributed by atoms with E-state index < -0.39 is 0 Å². The van der Waals surface area contributed by atoms with Gasteiger partial charge in [-0.1, -0.05) is 11.6 Å². The van der Waals surface area contributed by atoms with Gasteiger partial charge in [-0.3, -0.25) is 9.36 Å². The third-order valence-electron chi connectivity index (χ3n) is 2.97. The molecule has 21 heavy (non-hydrogen) atoms. The molecule has 7 heteroatoms. The van der Waals surface area contributed by atoms with Gasteiger partial charge in [-0.05, 0) is 25.1 Å². The van der Waals surface area contributed by atoms with Crippen LogP contribution >= 0.6 is 11.6 Å². The van der Waals surface area contributed by atoms with Gasteiger partial charge >= 0.3 is 0 Å². The molecule has 3 aromatic rings. The van der Waals surface area contributed by atoms with Crippen molar-refractivity contribution in [3.8, 4) is 5.82 Å². The van der Waals surface area contributed by atoms with E-state index in [1.807, 2.05) is 23.8 Å². The molecule has 0 aliphatic rings. The Balaban J connectivity index is 1.76. The molecule has 0 radical (unpaired) electrons. The van der Waals surface area contributed by atoms with E-state index in [1.54, 1.807) is 30.7 Å². The van der Waals surface area contributed by atoms with Gasteiger partial charge in [-0.15, -0.1) is 0 Å². The van der Waals surface area contributed by atoms with Crippen molar-refractivity contribution >= 4 is 23.2 Å². The molecule has 0 aliphatic carbocycles. The molecule has 0 saturated carbocycles. The van der Waals surface area contributed by atoms with Crippen LogP contribution in [-0.4, -0.2) is 25.4 Å². The van der Waals surface area contributed by atoms with Crippen LogP contribution in [0, 0.1) is 6.92 Å². The number of rotatable bonds is 3. The summed E-state index contributed by atoms with van der Waals surface area (Å²) < 4.78 is 1.86. The summed E-state index contributed by atoms with van der Waals surface area (Å²) in [6.07, 6.45) is 6.69. The van der Waals surface area contributed by atoms with Crippen molar-refractivity contribution in [3.05, 3.63) is 59.5 Å². The highest BCUT2D eigenvalue weighted by atomic mass is 35.5. The van der Waals surface area contributed by atoms with Crippen LogP contribution in [0.1, 0.15) is 16.3 Å². The van der Waals surface area contributed by atoms with Crippen molar-refractivity contribution in [3.63, 3.8) is 0 Å². The van der Waals surface area contributed by atoms with E-state index in [-0.39, 0.29) is 5.91 Å². The summed E-state index contributed by atoms with van der Waals surface area (Å²) in [5.74, 6) is 1.32. The second-order valence-electron chi connectivity index (χ2n) is 4.44. The second kappa shape index (κ2) is 5.41. The fourth-order valence-electron chi connectivity index (χ4n) is 1.92. The van der Waals surface area contributed by atoms with Crippen LogP contribution < -0.4 is 5.32 Å². The number of nitrogens with one attached hydrogen (secondary N) is 2. The first-order chi connectivity index (χ1) is 10.1. The lowest BCUT2D eigenvalue weighted by atomic mass is 10.3. The van der Waals surface area contributed by atoms with Crippen molar-refractivity contribution in [2.45, 2.75) is 6.92 Å². The first-order valence-corrected chi connectivity index (χ1v) is 6.63. The van der Waals surface area contributed by atoms with Crippen molar-refractivity contribution in [2.24, 2.45) is 0 Å². The third kappa shape index (κ3) is 2.80. The van der Waals surface area contributed by atoms with E-state index in [1.165, 1.54) is 0 Å². The monoisotopic (exact) mass is 301 g/mol. The number of H-pyrrole nitrogens is 1. The molecular formula is C14H12ClN5O. The minimum absolute atomic E-state index is 0.268. The molecule has 2 N–H and O–H groups in total. The Hall–Kier alpha value is -2.60. The van der Waals surface area contributed by atoms with Gasteiger partial charge in [-0.2, -0.15) is 0 Å². The van der Waals surface area contributed by atoms with Crippen LogP contribution in [0.5, 0.6) is 0 Å².